The summed E-state index contributed by atoms with van der Waals surface area (Å²) in [5.74, 6) is 0. The van der Waals surface area contributed by atoms with Crippen LogP contribution in [-0.4, -0.2) is 16.2 Å². The molecule has 0 aliphatic carbocycles. The van der Waals surface area contributed by atoms with E-state index >= 15 is 0 Å². The Kier molecular flexibility index (Phi) is 3.00. The molecule has 16 heavy (non-hydrogen) atoms. The van der Waals surface area contributed by atoms with Gasteiger partial charge in [0.1, 0.15) is 6.33 Å². The average Bonchev–Trinajstić information content (AvgIpc) is 2.34. The third-order valence-electron chi connectivity index (χ3n) is 2.32. The molecule has 1 aromatic heterocycles. The molecule has 0 bridgehead atoms. The lowest BCUT2D eigenvalue weighted by atomic mass is 10.3. The molecule has 4 nitrogen and oxygen atoms in total. The lowest BCUT2D eigenvalue weighted by Crippen LogP contribution is -2.37. The second-order valence-corrected chi connectivity index (χ2v) is 3.31. The Balaban J connectivity index is 2.45. The summed E-state index contributed by atoms with van der Waals surface area (Å²) in [5, 5.41) is 1.87. The zero-order valence-corrected chi connectivity index (χ0v) is 9.08. The number of benzene rings is 1. The molecule has 2 aromatic rings. The Morgan fingerprint density at radius 2 is 2.00 bits per heavy atom. The molecule has 0 atom stereocenters. The number of aromatic nitrogens is 2. The summed E-state index contributed by atoms with van der Waals surface area (Å²) in [6, 6.07) is 11.2. The van der Waals surface area contributed by atoms with E-state index in [1.54, 1.807) is 0 Å². The van der Waals surface area contributed by atoms with Gasteiger partial charge in [-0.25, -0.2) is 9.66 Å². The van der Waals surface area contributed by atoms with E-state index in [0.717, 1.165) is 5.69 Å². The van der Waals surface area contributed by atoms with Crippen LogP contribution in [-0.2, 0) is 0 Å². The van der Waals surface area contributed by atoms with Gasteiger partial charge in [-0.1, -0.05) is 18.2 Å². The molecule has 0 radical (unpaired) electrons. The largest absolute Gasteiger partial charge is 0.278 e. The predicted molar refractivity (Wildman–Crippen MR) is 63.4 cm³/mol. The molecule has 1 aromatic carbocycles. The lowest BCUT2D eigenvalue weighted by molar-refractivity contribution is 0.670. The molecule has 0 spiro atoms. The fourth-order valence-corrected chi connectivity index (χ4v) is 1.58. The first kappa shape index (κ1) is 10.4. The van der Waals surface area contributed by atoms with Crippen molar-refractivity contribution in [1.29, 1.82) is 0 Å². The molecule has 0 amide bonds. The van der Waals surface area contributed by atoms with E-state index in [1.165, 1.54) is 23.3 Å². The molecule has 0 saturated heterocycles. The first-order valence-electron chi connectivity index (χ1n) is 5.18. The molecular weight excluding hydrogens is 202 g/mol. The van der Waals surface area contributed by atoms with E-state index in [-0.39, 0.29) is 5.56 Å². The molecule has 0 fully saturated rings. The third kappa shape index (κ3) is 1.95. The van der Waals surface area contributed by atoms with Gasteiger partial charge in [-0.2, -0.15) is 0 Å². The molecule has 0 aliphatic heterocycles. The summed E-state index contributed by atoms with van der Waals surface area (Å²) in [4.78, 5) is 15.6. The zero-order chi connectivity index (χ0) is 11.4. The highest BCUT2D eigenvalue weighted by Crippen LogP contribution is 2.12. The molecule has 0 saturated carbocycles. The summed E-state index contributed by atoms with van der Waals surface area (Å²) >= 11 is 0. The number of nitrogens with zero attached hydrogens (tertiary/aromatic N) is 3. The monoisotopic (exact) mass is 215 g/mol. The predicted octanol–water partition coefficient (Wildman–Crippen LogP) is 1.53. The van der Waals surface area contributed by atoms with Gasteiger partial charge in [-0.05, 0) is 19.1 Å². The highest BCUT2D eigenvalue weighted by molar-refractivity contribution is 5.45. The maximum absolute atomic E-state index is 11.7. The molecule has 4 heteroatoms. The number of hydrogen-bond donors (Lipinski definition) is 0. The van der Waals surface area contributed by atoms with Crippen molar-refractivity contribution >= 4 is 5.69 Å². The van der Waals surface area contributed by atoms with Crippen LogP contribution in [0.4, 0.5) is 5.69 Å². The van der Waals surface area contributed by atoms with Crippen LogP contribution in [0.15, 0.2) is 53.7 Å². The summed E-state index contributed by atoms with van der Waals surface area (Å²) < 4.78 is 1.51. The summed E-state index contributed by atoms with van der Waals surface area (Å²) in [6.45, 7) is 2.70. The first-order valence-corrected chi connectivity index (χ1v) is 5.18. The van der Waals surface area contributed by atoms with Crippen LogP contribution in [0.3, 0.4) is 0 Å². The van der Waals surface area contributed by atoms with E-state index in [1.807, 2.05) is 42.3 Å². The number of anilines is 1. The van der Waals surface area contributed by atoms with Crippen molar-refractivity contribution < 1.29 is 0 Å². The van der Waals surface area contributed by atoms with E-state index in [9.17, 15) is 4.79 Å². The average molecular weight is 215 g/mol. The van der Waals surface area contributed by atoms with E-state index in [0.29, 0.717) is 6.54 Å². The van der Waals surface area contributed by atoms with Crippen LogP contribution in [0, 0.1) is 0 Å². The second-order valence-electron chi connectivity index (χ2n) is 3.31. The van der Waals surface area contributed by atoms with Crippen LogP contribution >= 0.6 is 0 Å². The van der Waals surface area contributed by atoms with E-state index in [4.69, 9.17) is 0 Å². The quantitative estimate of drug-likeness (QED) is 0.779. The van der Waals surface area contributed by atoms with Crippen molar-refractivity contribution in [3.05, 3.63) is 59.3 Å². The number of hydrogen-bond acceptors (Lipinski definition) is 3. The Morgan fingerprint density at radius 3 is 2.62 bits per heavy atom. The van der Waals surface area contributed by atoms with Crippen LogP contribution in [0.1, 0.15) is 6.92 Å². The van der Waals surface area contributed by atoms with Crippen molar-refractivity contribution in [2.45, 2.75) is 6.92 Å². The zero-order valence-electron chi connectivity index (χ0n) is 9.08. The topological polar surface area (TPSA) is 38.1 Å². The van der Waals surface area contributed by atoms with Gasteiger partial charge >= 0.3 is 0 Å². The molecule has 0 unspecified atom stereocenters. The smallest absolute Gasteiger partial charge is 0.272 e. The highest BCUT2D eigenvalue weighted by Gasteiger charge is 2.06. The Hall–Kier alpha value is -2.10. The molecule has 2 rings (SSSR count). The minimum atomic E-state index is -0.0827. The summed E-state index contributed by atoms with van der Waals surface area (Å²) in [7, 11) is 0. The maximum atomic E-state index is 11.7. The van der Waals surface area contributed by atoms with Gasteiger partial charge in [0.05, 0.1) is 5.69 Å². The standard InChI is InChI=1S/C12H13N3O/c1-2-14(11-6-4-3-5-7-11)15-10-13-9-8-12(15)16/h3-10H,2H2,1H3. The van der Waals surface area contributed by atoms with Gasteiger partial charge in [-0.3, -0.25) is 9.80 Å². The van der Waals surface area contributed by atoms with Crippen LogP contribution < -0.4 is 10.6 Å². The minimum Gasteiger partial charge on any atom is -0.278 e. The second kappa shape index (κ2) is 4.61. The fraction of sp³-hybridized carbons (Fsp3) is 0.167. The van der Waals surface area contributed by atoms with Crippen LogP contribution in [0.25, 0.3) is 0 Å². The summed E-state index contributed by atoms with van der Waals surface area (Å²) in [6.07, 6.45) is 3.02. The van der Waals surface area contributed by atoms with Gasteiger partial charge < -0.3 is 0 Å². The molecule has 0 aliphatic rings. The third-order valence-corrected chi connectivity index (χ3v) is 2.32. The van der Waals surface area contributed by atoms with Gasteiger partial charge in [0.25, 0.3) is 5.56 Å². The van der Waals surface area contributed by atoms with Crippen LogP contribution in [0.2, 0.25) is 0 Å². The van der Waals surface area contributed by atoms with Crippen LogP contribution in [0.5, 0.6) is 0 Å². The molecule has 82 valence electrons. The lowest BCUT2D eigenvalue weighted by Gasteiger charge is -2.23. The normalized spacial score (nSPS) is 10.1. The van der Waals surface area contributed by atoms with Crippen molar-refractivity contribution in [3.63, 3.8) is 0 Å². The van der Waals surface area contributed by atoms with Gasteiger partial charge in [-0.15, -0.1) is 0 Å². The van der Waals surface area contributed by atoms with E-state index in [2.05, 4.69) is 4.98 Å². The van der Waals surface area contributed by atoms with Gasteiger partial charge in [0.15, 0.2) is 0 Å². The fourth-order valence-electron chi connectivity index (χ4n) is 1.58. The number of rotatable bonds is 3. The summed E-state index contributed by atoms with van der Waals surface area (Å²) in [5.41, 5.74) is 0.890. The minimum absolute atomic E-state index is 0.0827. The van der Waals surface area contributed by atoms with Crippen molar-refractivity contribution in [2.24, 2.45) is 0 Å². The molecule has 0 N–H and O–H groups in total. The Bertz CT molecular complexity index is 507. The van der Waals surface area contributed by atoms with Gasteiger partial charge in [0, 0.05) is 18.8 Å². The maximum Gasteiger partial charge on any atom is 0.272 e. The number of para-hydroxylation sites is 1. The highest BCUT2D eigenvalue weighted by atomic mass is 16.1. The van der Waals surface area contributed by atoms with Crippen molar-refractivity contribution in [1.82, 2.24) is 9.66 Å². The first-order chi connectivity index (χ1) is 7.83. The molecular formula is C12H13N3O. The van der Waals surface area contributed by atoms with Crippen molar-refractivity contribution in [2.75, 3.05) is 11.6 Å². The Labute approximate surface area is 93.8 Å². The van der Waals surface area contributed by atoms with Crippen molar-refractivity contribution in [3.8, 4) is 0 Å². The van der Waals surface area contributed by atoms with E-state index < -0.39 is 0 Å². The van der Waals surface area contributed by atoms with Gasteiger partial charge in [0.2, 0.25) is 0 Å². The Morgan fingerprint density at radius 1 is 1.25 bits per heavy atom. The molecule has 1 heterocycles. The SMILES string of the molecule is CCN(c1ccccc1)n1cnccc1=O.